The van der Waals surface area contributed by atoms with E-state index in [1.54, 1.807) is 19.1 Å². The summed E-state index contributed by atoms with van der Waals surface area (Å²) in [6.07, 6.45) is -3.97. The molecule has 0 saturated heterocycles. The van der Waals surface area contributed by atoms with Crippen LogP contribution in [0.25, 0.3) is 0 Å². The molecule has 134 valence electrons. The van der Waals surface area contributed by atoms with Gasteiger partial charge in [-0.15, -0.1) is 0 Å². The Labute approximate surface area is 145 Å². The zero-order valence-electron chi connectivity index (χ0n) is 13.9. The molecule has 0 aliphatic rings. The van der Waals surface area contributed by atoms with Crippen molar-refractivity contribution in [1.82, 2.24) is 4.90 Å². The smallest absolute Gasteiger partial charge is 0.406 e. The fourth-order valence-electron chi connectivity index (χ4n) is 2.38. The van der Waals surface area contributed by atoms with E-state index in [-0.39, 0.29) is 12.1 Å². The molecule has 0 N–H and O–H groups in total. The molecule has 0 bridgehead atoms. The molecular weight excluding hydrogens is 331 g/mol. The Hall–Kier alpha value is -2.50. The van der Waals surface area contributed by atoms with Gasteiger partial charge in [-0.25, -0.2) is 0 Å². The van der Waals surface area contributed by atoms with Gasteiger partial charge in [-0.05, 0) is 30.2 Å². The van der Waals surface area contributed by atoms with E-state index in [1.807, 2.05) is 30.3 Å². The Kier molecular flexibility index (Phi) is 6.44. The molecule has 0 radical (unpaired) electrons. The third-order valence-electron chi connectivity index (χ3n) is 3.48. The summed E-state index contributed by atoms with van der Waals surface area (Å²) < 4.78 is 43.7. The van der Waals surface area contributed by atoms with Crippen molar-refractivity contribution >= 4 is 5.91 Å². The van der Waals surface area contributed by atoms with Crippen LogP contribution in [0.2, 0.25) is 0 Å². The zero-order chi connectivity index (χ0) is 18.3. The minimum absolute atomic E-state index is 0.0491. The van der Waals surface area contributed by atoms with Gasteiger partial charge in [0.1, 0.15) is 18.9 Å². The van der Waals surface area contributed by atoms with E-state index in [2.05, 4.69) is 0 Å². The molecule has 1 amide bonds. The maximum Gasteiger partial charge on any atom is 0.406 e. The number of hydrogen-bond acceptors (Lipinski definition) is 2. The number of alkyl halides is 3. The van der Waals surface area contributed by atoms with Gasteiger partial charge in [-0.2, -0.15) is 13.2 Å². The second-order valence-corrected chi connectivity index (χ2v) is 5.64. The number of hydrogen-bond donors (Lipinski definition) is 0. The van der Waals surface area contributed by atoms with Crippen molar-refractivity contribution in [3.8, 4) is 5.75 Å². The van der Waals surface area contributed by atoms with Crippen LogP contribution in [-0.4, -0.2) is 30.1 Å². The van der Waals surface area contributed by atoms with Crippen LogP contribution < -0.4 is 4.74 Å². The van der Waals surface area contributed by atoms with Gasteiger partial charge in [-0.1, -0.05) is 43.3 Å². The van der Waals surface area contributed by atoms with E-state index in [9.17, 15) is 18.0 Å². The lowest BCUT2D eigenvalue weighted by Crippen LogP contribution is -2.39. The van der Waals surface area contributed by atoms with Crippen LogP contribution in [0, 0.1) is 0 Å². The summed E-state index contributed by atoms with van der Waals surface area (Å²) in [6, 6.07) is 15.7. The first-order valence-corrected chi connectivity index (χ1v) is 8.02. The molecule has 25 heavy (non-hydrogen) atoms. The van der Waals surface area contributed by atoms with Crippen LogP contribution in [-0.2, 0) is 6.61 Å². The van der Waals surface area contributed by atoms with Crippen molar-refractivity contribution < 1.29 is 22.7 Å². The molecule has 6 heteroatoms. The van der Waals surface area contributed by atoms with Crippen molar-refractivity contribution in [3.05, 3.63) is 65.7 Å². The summed E-state index contributed by atoms with van der Waals surface area (Å²) in [7, 11) is 0. The average molecular weight is 351 g/mol. The molecule has 2 aromatic carbocycles. The molecule has 0 aliphatic heterocycles. The number of carbonyl (C=O) groups excluding carboxylic acids is 1. The number of carbonyl (C=O) groups is 1. The first kappa shape index (κ1) is 18.8. The monoisotopic (exact) mass is 351 g/mol. The van der Waals surface area contributed by atoms with Gasteiger partial charge in [0.25, 0.3) is 5.91 Å². The second-order valence-electron chi connectivity index (χ2n) is 5.64. The third-order valence-corrected chi connectivity index (χ3v) is 3.48. The first-order chi connectivity index (χ1) is 11.9. The van der Waals surface area contributed by atoms with Gasteiger partial charge in [0.2, 0.25) is 0 Å². The molecule has 0 spiro atoms. The molecule has 0 atom stereocenters. The van der Waals surface area contributed by atoms with E-state index >= 15 is 0 Å². The molecule has 0 aliphatic carbocycles. The van der Waals surface area contributed by atoms with Gasteiger partial charge in [0, 0.05) is 12.1 Å². The summed E-state index contributed by atoms with van der Waals surface area (Å²) in [5.41, 5.74) is 1.15. The Morgan fingerprint density at radius 2 is 1.80 bits per heavy atom. The SMILES string of the molecule is CCCN(CC(F)(F)F)C(=O)c1cccc(OCc2ccccc2)c1. The molecule has 0 fully saturated rings. The molecule has 0 heterocycles. The van der Waals surface area contributed by atoms with Crippen LogP contribution >= 0.6 is 0 Å². The minimum atomic E-state index is -4.42. The predicted molar refractivity (Wildman–Crippen MR) is 89.5 cm³/mol. The summed E-state index contributed by atoms with van der Waals surface area (Å²) >= 11 is 0. The molecular formula is C19H20F3NO2. The Morgan fingerprint density at radius 1 is 1.08 bits per heavy atom. The maximum atomic E-state index is 12.7. The minimum Gasteiger partial charge on any atom is -0.489 e. The van der Waals surface area contributed by atoms with E-state index in [1.165, 1.54) is 12.1 Å². The van der Waals surface area contributed by atoms with E-state index < -0.39 is 18.6 Å². The largest absolute Gasteiger partial charge is 0.489 e. The number of halogens is 3. The highest BCUT2D eigenvalue weighted by atomic mass is 19.4. The van der Waals surface area contributed by atoms with Crippen LogP contribution in [0.1, 0.15) is 29.3 Å². The summed E-state index contributed by atoms with van der Waals surface area (Å²) in [5, 5.41) is 0. The van der Waals surface area contributed by atoms with Crippen molar-refractivity contribution in [2.45, 2.75) is 26.1 Å². The lowest BCUT2D eigenvalue weighted by molar-refractivity contribution is -0.140. The standard InChI is InChI=1S/C19H20F3NO2/c1-2-11-23(14-19(20,21)22)18(24)16-9-6-10-17(12-16)25-13-15-7-4-3-5-8-15/h3-10,12H,2,11,13-14H2,1H3. The highest BCUT2D eigenvalue weighted by Gasteiger charge is 2.33. The quantitative estimate of drug-likeness (QED) is 0.725. The predicted octanol–water partition coefficient (Wildman–Crippen LogP) is 4.68. The lowest BCUT2D eigenvalue weighted by Gasteiger charge is -2.23. The Bertz CT molecular complexity index is 687. The molecule has 2 rings (SSSR count). The van der Waals surface area contributed by atoms with Gasteiger partial charge < -0.3 is 9.64 Å². The van der Waals surface area contributed by atoms with E-state index in [0.717, 1.165) is 10.5 Å². The average Bonchev–Trinajstić information content (AvgIpc) is 2.59. The zero-order valence-corrected chi connectivity index (χ0v) is 13.9. The van der Waals surface area contributed by atoms with E-state index in [0.29, 0.717) is 18.8 Å². The summed E-state index contributed by atoms with van der Waals surface area (Å²) in [6.45, 7) is 0.845. The van der Waals surface area contributed by atoms with Crippen molar-refractivity contribution in [2.24, 2.45) is 0 Å². The van der Waals surface area contributed by atoms with Crippen molar-refractivity contribution in [3.63, 3.8) is 0 Å². The highest BCUT2D eigenvalue weighted by molar-refractivity contribution is 5.94. The van der Waals surface area contributed by atoms with Gasteiger partial charge in [0.05, 0.1) is 0 Å². The molecule has 0 saturated carbocycles. The summed E-state index contributed by atoms with van der Waals surface area (Å²) in [5.74, 6) is -0.206. The number of rotatable bonds is 7. The molecule has 2 aromatic rings. The number of amides is 1. The summed E-state index contributed by atoms with van der Waals surface area (Å²) in [4.78, 5) is 13.2. The molecule has 3 nitrogen and oxygen atoms in total. The van der Waals surface area contributed by atoms with Crippen LogP contribution in [0.5, 0.6) is 5.75 Å². The number of ether oxygens (including phenoxy) is 1. The van der Waals surface area contributed by atoms with Crippen molar-refractivity contribution in [1.29, 1.82) is 0 Å². The first-order valence-electron chi connectivity index (χ1n) is 8.02. The van der Waals surface area contributed by atoms with E-state index in [4.69, 9.17) is 4.74 Å². The van der Waals surface area contributed by atoms with Gasteiger partial charge >= 0.3 is 6.18 Å². The maximum absolute atomic E-state index is 12.7. The highest BCUT2D eigenvalue weighted by Crippen LogP contribution is 2.21. The van der Waals surface area contributed by atoms with Crippen LogP contribution in [0.15, 0.2) is 54.6 Å². The fourth-order valence-corrected chi connectivity index (χ4v) is 2.38. The molecule has 0 unspecified atom stereocenters. The lowest BCUT2D eigenvalue weighted by atomic mass is 10.1. The van der Waals surface area contributed by atoms with Crippen LogP contribution in [0.4, 0.5) is 13.2 Å². The second kappa shape index (κ2) is 8.55. The Morgan fingerprint density at radius 3 is 2.44 bits per heavy atom. The Balaban J connectivity index is 2.08. The van der Waals surface area contributed by atoms with Crippen LogP contribution in [0.3, 0.4) is 0 Å². The van der Waals surface area contributed by atoms with Gasteiger partial charge in [0.15, 0.2) is 0 Å². The number of nitrogens with zero attached hydrogens (tertiary/aromatic N) is 1. The van der Waals surface area contributed by atoms with Gasteiger partial charge in [-0.3, -0.25) is 4.79 Å². The number of benzene rings is 2. The van der Waals surface area contributed by atoms with Crippen molar-refractivity contribution in [2.75, 3.05) is 13.1 Å². The third kappa shape index (κ3) is 6.14. The molecule has 0 aromatic heterocycles. The fraction of sp³-hybridized carbons (Fsp3) is 0.316. The topological polar surface area (TPSA) is 29.5 Å². The normalized spacial score (nSPS) is 11.2.